The molecule has 1 saturated carbocycles. The molecule has 0 saturated heterocycles. The van der Waals surface area contributed by atoms with Gasteiger partial charge in [0.25, 0.3) is 0 Å². The molecule has 0 bridgehead atoms. The summed E-state index contributed by atoms with van der Waals surface area (Å²) in [7, 11) is 0. The molecular weight excluding hydrogens is 355 g/mol. The van der Waals surface area contributed by atoms with Gasteiger partial charge in [-0.05, 0) is 54.5 Å². The fourth-order valence-electron chi connectivity index (χ4n) is 3.61. The van der Waals surface area contributed by atoms with E-state index in [4.69, 9.17) is 10.5 Å². The Kier molecular flexibility index (Phi) is 5.77. The first-order valence-corrected chi connectivity index (χ1v) is 9.08. The van der Waals surface area contributed by atoms with Crippen LogP contribution in [0.2, 0.25) is 0 Å². The molecule has 3 rings (SSSR count). The van der Waals surface area contributed by atoms with Gasteiger partial charge in [-0.25, -0.2) is 0 Å². The Morgan fingerprint density at radius 3 is 2.52 bits per heavy atom. The Balaban J connectivity index is 1.53. The SMILES string of the molecule is N[C@]1(CO)CC[C@@H](c2ccc(OCCc3cccc(C(F)(F)F)c3)cc2)C1. The summed E-state index contributed by atoms with van der Waals surface area (Å²) in [6.45, 7) is 0.306. The third-order valence-corrected chi connectivity index (χ3v) is 5.22. The predicted octanol–water partition coefficient (Wildman–Crippen LogP) is 4.28. The van der Waals surface area contributed by atoms with Gasteiger partial charge >= 0.3 is 6.18 Å². The van der Waals surface area contributed by atoms with Crippen molar-refractivity contribution in [2.75, 3.05) is 13.2 Å². The third kappa shape index (κ3) is 5.02. The molecule has 0 amide bonds. The maximum Gasteiger partial charge on any atom is 0.416 e. The maximum absolute atomic E-state index is 12.7. The number of aliphatic hydroxyl groups is 1. The summed E-state index contributed by atoms with van der Waals surface area (Å²) < 4.78 is 43.9. The summed E-state index contributed by atoms with van der Waals surface area (Å²) in [6, 6.07) is 13.0. The lowest BCUT2D eigenvalue weighted by Gasteiger charge is -2.21. The Hall–Kier alpha value is -2.05. The standard InChI is InChI=1S/C21H24F3NO2/c22-21(23,24)18-3-1-2-15(12-18)9-11-27-19-6-4-16(5-7-19)17-8-10-20(25,13-17)14-26/h1-7,12,17,26H,8-11,13-14,25H2/t17-,20-/m1/s1. The third-order valence-electron chi connectivity index (χ3n) is 5.22. The number of hydrogen-bond donors (Lipinski definition) is 2. The van der Waals surface area contributed by atoms with Crippen LogP contribution in [-0.4, -0.2) is 23.9 Å². The van der Waals surface area contributed by atoms with E-state index in [1.54, 1.807) is 6.07 Å². The molecular formula is C21H24F3NO2. The van der Waals surface area contributed by atoms with Crippen LogP contribution in [0.5, 0.6) is 5.75 Å². The van der Waals surface area contributed by atoms with Gasteiger partial charge in [-0.15, -0.1) is 0 Å². The van der Waals surface area contributed by atoms with Gasteiger partial charge in [-0.1, -0.05) is 30.3 Å². The van der Waals surface area contributed by atoms with Crippen molar-refractivity contribution in [2.24, 2.45) is 5.73 Å². The zero-order valence-electron chi connectivity index (χ0n) is 15.0. The van der Waals surface area contributed by atoms with Gasteiger partial charge in [0.05, 0.1) is 18.8 Å². The van der Waals surface area contributed by atoms with E-state index in [9.17, 15) is 18.3 Å². The van der Waals surface area contributed by atoms with Crippen LogP contribution in [0, 0.1) is 0 Å². The van der Waals surface area contributed by atoms with Gasteiger partial charge in [0.1, 0.15) is 5.75 Å². The smallest absolute Gasteiger partial charge is 0.416 e. The Bertz CT molecular complexity index is 761. The molecule has 0 spiro atoms. The molecule has 0 aromatic heterocycles. The molecule has 1 aliphatic carbocycles. The first-order valence-electron chi connectivity index (χ1n) is 9.08. The minimum Gasteiger partial charge on any atom is -0.493 e. The Morgan fingerprint density at radius 2 is 1.89 bits per heavy atom. The predicted molar refractivity (Wildman–Crippen MR) is 97.7 cm³/mol. The lowest BCUT2D eigenvalue weighted by Crippen LogP contribution is -2.40. The van der Waals surface area contributed by atoms with Gasteiger partial charge in [-0.2, -0.15) is 13.2 Å². The molecule has 0 aliphatic heterocycles. The normalized spacial score (nSPS) is 22.8. The van der Waals surface area contributed by atoms with Gasteiger partial charge in [0, 0.05) is 12.0 Å². The van der Waals surface area contributed by atoms with Crippen molar-refractivity contribution in [2.45, 2.75) is 43.3 Å². The molecule has 146 valence electrons. The first-order chi connectivity index (χ1) is 12.8. The van der Waals surface area contributed by atoms with Crippen molar-refractivity contribution < 1.29 is 23.0 Å². The molecule has 3 N–H and O–H groups in total. The fraction of sp³-hybridized carbons (Fsp3) is 0.429. The molecule has 2 aromatic carbocycles. The topological polar surface area (TPSA) is 55.5 Å². The summed E-state index contributed by atoms with van der Waals surface area (Å²) in [5.41, 5.74) is 6.77. The van der Waals surface area contributed by atoms with Gasteiger partial charge in [0.15, 0.2) is 0 Å². The number of rotatable bonds is 6. The highest BCUT2D eigenvalue weighted by Gasteiger charge is 2.35. The van der Waals surface area contributed by atoms with E-state index in [0.717, 1.165) is 31.4 Å². The summed E-state index contributed by atoms with van der Waals surface area (Å²) >= 11 is 0. The van der Waals surface area contributed by atoms with E-state index in [2.05, 4.69) is 0 Å². The van der Waals surface area contributed by atoms with Gasteiger partial charge < -0.3 is 15.6 Å². The largest absolute Gasteiger partial charge is 0.493 e. The molecule has 0 radical (unpaired) electrons. The lowest BCUT2D eigenvalue weighted by molar-refractivity contribution is -0.137. The number of aliphatic hydroxyl groups excluding tert-OH is 1. The highest BCUT2D eigenvalue weighted by Crippen LogP contribution is 2.39. The molecule has 2 aromatic rings. The van der Waals surface area contributed by atoms with E-state index in [1.165, 1.54) is 11.6 Å². The second kappa shape index (κ2) is 7.90. The average molecular weight is 379 g/mol. The van der Waals surface area contributed by atoms with Crippen LogP contribution in [0.4, 0.5) is 13.2 Å². The molecule has 27 heavy (non-hydrogen) atoms. The van der Waals surface area contributed by atoms with E-state index < -0.39 is 17.3 Å². The molecule has 2 atom stereocenters. The zero-order valence-corrected chi connectivity index (χ0v) is 15.0. The highest BCUT2D eigenvalue weighted by atomic mass is 19.4. The second-order valence-corrected chi connectivity index (χ2v) is 7.33. The van der Waals surface area contributed by atoms with Crippen LogP contribution in [0.3, 0.4) is 0 Å². The van der Waals surface area contributed by atoms with Crippen LogP contribution in [0.1, 0.15) is 41.9 Å². The molecule has 3 nitrogen and oxygen atoms in total. The van der Waals surface area contributed by atoms with Gasteiger partial charge in [-0.3, -0.25) is 0 Å². The van der Waals surface area contributed by atoms with Crippen LogP contribution < -0.4 is 10.5 Å². The van der Waals surface area contributed by atoms with Crippen molar-refractivity contribution in [1.82, 2.24) is 0 Å². The van der Waals surface area contributed by atoms with Crippen LogP contribution in [0.15, 0.2) is 48.5 Å². The number of nitrogens with two attached hydrogens (primary N) is 1. The van der Waals surface area contributed by atoms with E-state index >= 15 is 0 Å². The number of ether oxygens (including phenoxy) is 1. The molecule has 1 fully saturated rings. The van der Waals surface area contributed by atoms with E-state index in [1.807, 2.05) is 24.3 Å². The van der Waals surface area contributed by atoms with Crippen molar-refractivity contribution in [1.29, 1.82) is 0 Å². The van der Waals surface area contributed by atoms with Gasteiger partial charge in [0.2, 0.25) is 0 Å². The van der Waals surface area contributed by atoms with E-state index in [0.29, 0.717) is 30.3 Å². The number of benzene rings is 2. The molecule has 6 heteroatoms. The highest BCUT2D eigenvalue weighted by molar-refractivity contribution is 5.31. The van der Waals surface area contributed by atoms with Crippen molar-refractivity contribution in [3.63, 3.8) is 0 Å². The molecule has 0 unspecified atom stereocenters. The summed E-state index contributed by atoms with van der Waals surface area (Å²) in [6.07, 6.45) is -1.40. The summed E-state index contributed by atoms with van der Waals surface area (Å²) in [5, 5.41) is 9.38. The van der Waals surface area contributed by atoms with Crippen LogP contribution >= 0.6 is 0 Å². The average Bonchev–Trinajstić information content (AvgIpc) is 3.05. The van der Waals surface area contributed by atoms with Crippen LogP contribution in [0.25, 0.3) is 0 Å². The monoisotopic (exact) mass is 379 g/mol. The Morgan fingerprint density at radius 1 is 1.15 bits per heavy atom. The number of hydrogen-bond acceptors (Lipinski definition) is 3. The Labute approximate surface area is 157 Å². The number of alkyl halides is 3. The van der Waals surface area contributed by atoms with Crippen molar-refractivity contribution in [3.05, 3.63) is 65.2 Å². The fourth-order valence-corrected chi connectivity index (χ4v) is 3.61. The zero-order chi connectivity index (χ0) is 19.5. The molecule has 1 aliphatic rings. The van der Waals surface area contributed by atoms with Crippen molar-refractivity contribution >= 4 is 0 Å². The maximum atomic E-state index is 12.7. The van der Waals surface area contributed by atoms with Crippen molar-refractivity contribution in [3.8, 4) is 5.75 Å². The van der Waals surface area contributed by atoms with E-state index in [-0.39, 0.29) is 6.61 Å². The number of halogens is 3. The first kappa shape index (κ1) is 19.7. The lowest BCUT2D eigenvalue weighted by atomic mass is 9.94. The summed E-state index contributed by atoms with van der Waals surface area (Å²) in [4.78, 5) is 0. The van der Waals surface area contributed by atoms with Crippen LogP contribution in [-0.2, 0) is 12.6 Å². The minimum absolute atomic E-state index is 0.000232. The summed E-state index contributed by atoms with van der Waals surface area (Å²) in [5.74, 6) is 1.02. The second-order valence-electron chi connectivity index (χ2n) is 7.33. The quantitative estimate of drug-likeness (QED) is 0.788. The minimum atomic E-state index is -4.33. The molecule has 0 heterocycles.